The molecule has 180 valence electrons. The molecule has 0 bridgehead atoms. The van der Waals surface area contributed by atoms with E-state index in [9.17, 15) is 18.4 Å². The maximum atomic E-state index is 14.0. The average Bonchev–Trinajstić information content (AvgIpc) is 2.87. The number of anilines is 2. The van der Waals surface area contributed by atoms with Crippen molar-refractivity contribution in [2.75, 3.05) is 17.7 Å². The Morgan fingerprint density at radius 2 is 1.77 bits per heavy atom. The normalized spacial score (nSPS) is 10.9. The van der Waals surface area contributed by atoms with E-state index in [-0.39, 0.29) is 17.8 Å². The molecule has 1 aromatic heterocycles. The zero-order valence-corrected chi connectivity index (χ0v) is 19.4. The van der Waals surface area contributed by atoms with Crippen molar-refractivity contribution in [3.63, 3.8) is 0 Å². The third kappa shape index (κ3) is 5.48. The summed E-state index contributed by atoms with van der Waals surface area (Å²) in [6.45, 7) is 1.93. The summed E-state index contributed by atoms with van der Waals surface area (Å²) < 4.78 is 34.1. The molecule has 0 radical (unpaired) electrons. The van der Waals surface area contributed by atoms with E-state index in [0.29, 0.717) is 16.8 Å². The van der Waals surface area contributed by atoms with E-state index in [0.717, 1.165) is 35.7 Å². The second-order valence-corrected chi connectivity index (χ2v) is 8.06. The molecule has 1 heterocycles. The van der Waals surface area contributed by atoms with Gasteiger partial charge in [0.15, 0.2) is 0 Å². The number of pyridine rings is 1. The Bertz CT molecular complexity index is 1430. The van der Waals surface area contributed by atoms with E-state index in [1.165, 1.54) is 17.2 Å². The van der Waals surface area contributed by atoms with Crippen LogP contribution in [-0.4, -0.2) is 17.6 Å². The number of benzene rings is 3. The van der Waals surface area contributed by atoms with E-state index >= 15 is 0 Å². The maximum Gasteiger partial charge on any atom is 0.256 e. The molecule has 0 aliphatic rings. The zero-order chi connectivity index (χ0) is 24.9. The van der Waals surface area contributed by atoms with Crippen LogP contribution in [0.4, 0.5) is 20.2 Å². The third-order valence-electron chi connectivity index (χ3n) is 5.73. The number of amides is 1. The standard InChI is InChI=1S/C27H25F2N3O3/c1-3-17-4-8-21(9-5-17)30-15-19-12-18-6-10-22(35-2)14-25(18)32(27(19)34)16-26(33)31-24-13-20(28)7-11-23(24)29/h4-14,30H,3,15-16H2,1-2H3,(H,31,33). The van der Waals surface area contributed by atoms with Gasteiger partial charge in [-0.25, -0.2) is 8.78 Å². The Balaban J connectivity index is 1.66. The molecule has 1 amide bonds. The van der Waals surface area contributed by atoms with Crippen molar-refractivity contribution in [2.45, 2.75) is 26.4 Å². The van der Waals surface area contributed by atoms with Crippen LogP contribution in [0, 0.1) is 11.6 Å². The third-order valence-corrected chi connectivity index (χ3v) is 5.73. The van der Waals surface area contributed by atoms with Gasteiger partial charge >= 0.3 is 0 Å². The van der Waals surface area contributed by atoms with Gasteiger partial charge in [-0.05, 0) is 59.8 Å². The number of carbonyl (C=O) groups excluding carboxylic acids is 1. The van der Waals surface area contributed by atoms with Crippen LogP contribution >= 0.6 is 0 Å². The summed E-state index contributed by atoms with van der Waals surface area (Å²) in [5.74, 6) is -1.61. The number of nitrogens with one attached hydrogen (secondary N) is 2. The molecule has 0 atom stereocenters. The highest BCUT2D eigenvalue weighted by molar-refractivity contribution is 5.92. The van der Waals surface area contributed by atoms with E-state index in [1.54, 1.807) is 24.3 Å². The summed E-state index contributed by atoms with van der Waals surface area (Å²) in [6, 6.07) is 17.7. The fourth-order valence-corrected chi connectivity index (χ4v) is 3.80. The van der Waals surface area contributed by atoms with Gasteiger partial charge in [0.2, 0.25) is 5.91 Å². The van der Waals surface area contributed by atoms with Crippen LogP contribution in [-0.2, 0) is 24.3 Å². The molecule has 0 spiro atoms. The summed E-state index contributed by atoms with van der Waals surface area (Å²) >= 11 is 0. The number of halogens is 2. The van der Waals surface area contributed by atoms with E-state index in [4.69, 9.17) is 4.74 Å². The lowest BCUT2D eigenvalue weighted by Gasteiger charge is -2.15. The van der Waals surface area contributed by atoms with Crippen LogP contribution < -0.4 is 20.9 Å². The molecule has 0 saturated carbocycles. The van der Waals surface area contributed by atoms with Crippen molar-refractivity contribution < 1.29 is 18.3 Å². The predicted octanol–water partition coefficient (Wildman–Crippen LogP) is 5.10. The second-order valence-electron chi connectivity index (χ2n) is 8.06. The summed E-state index contributed by atoms with van der Waals surface area (Å²) in [5.41, 5.74) is 2.34. The Morgan fingerprint density at radius 3 is 2.49 bits per heavy atom. The summed E-state index contributed by atoms with van der Waals surface area (Å²) in [6.07, 6.45) is 0.931. The monoisotopic (exact) mass is 477 g/mol. The second kappa shape index (κ2) is 10.4. The summed E-state index contributed by atoms with van der Waals surface area (Å²) in [4.78, 5) is 26.1. The number of aromatic nitrogens is 1. The van der Waals surface area contributed by atoms with Crippen LogP contribution in [0.5, 0.6) is 5.75 Å². The number of ether oxygens (including phenoxy) is 1. The minimum atomic E-state index is -0.773. The fourth-order valence-electron chi connectivity index (χ4n) is 3.80. The van der Waals surface area contributed by atoms with Gasteiger partial charge in [0.1, 0.15) is 23.9 Å². The van der Waals surface area contributed by atoms with Gasteiger partial charge in [-0.1, -0.05) is 19.1 Å². The number of hydrogen-bond donors (Lipinski definition) is 2. The van der Waals surface area contributed by atoms with Crippen molar-refractivity contribution in [1.82, 2.24) is 4.57 Å². The molecule has 0 unspecified atom stereocenters. The van der Waals surface area contributed by atoms with Gasteiger partial charge in [-0.3, -0.25) is 14.2 Å². The van der Waals surface area contributed by atoms with Crippen molar-refractivity contribution in [3.8, 4) is 5.75 Å². The van der Waals surface area contributed by atoms with E-state index < -0.39 is 24.1 Å². The molecule has 6 nitrogen and oxygen atoms in total. The van der Waals surface area contributed by atoms with Crippen molar-refractivity contribution in [2.24, 2.45) is 0 Å². The fraction of sp³-hybridized carbons (Fsp3) is 0.185. The van der Waals surface area contributed by atoms with Crippen LogP contribution in [0.1, 0.15) is 18.1 Å². The first-order chi connectivity index (χ1) is 16.9. The van der Waals surface area contributed by atoms with Gasteiger partial charge in [0.05, 0.1) is 18.3 Å². The molecule has 8 heteroatoms. The number of hydrogen-bond acceptors (Lipinski definition) is 4. The molecule has 2 N–H and O–H groups in total. The van der Waals surface area contributed by atoms with Crippen LogP contribution in [0.3, 0.4) is 0 Å². The van der Waals surface area contributed by atoms with Gasteiger partial charge in [-0.2, -0.15) is 0 Å². The lowest BCUT2D eigenvalue weighted by atomic mass is 10.1. The Kier molecular flexibility index (Phi) is 7.10. The summed E-state index contributed by atoms with van der Waals surface area (Å²) in [5, 5.41) is 6.32. The number of carbonyl (C=O) groups is 1. The minimum Gasteiger partial charge on any atom is -0.497 e. The van der Waals surface area contributed by atoms with Crippen molar-refractivity contribution >= 4 is 28.2 Å². The number of fused-ring (bicyclic) bond motifs is 1. The summed E-state index contributed by atoms with van der Waals surface area (Å²) in [7, 11) is 1.51. The average molecular weight is 478 g/mol. The lowest BCUT2D eigenvalue weighted by Crippen LogP contribution is -2.31. The predicted molar refractivity (Wildman–Crippen MR) is 133 cm³/mol. The van der Waals surface area contributed by atoms with E-state index in [2.05, 4.69) is 17.6 Å². The first-order valence-corrected chi connectivity index (χ1v) is 11.2. The van der Waals surface area contributed by atoms with E-state index in [1.807, 2.05) is 24.3 Å². The molecule has 4 rings (SSSR count). The molecule has 0 aliphatic carbocycles. The van der Waals surface area contributed by atoms with Gasteiger partial charge in [0, 0.05) is 29.9 Å². The number of methoxy groups -OCH3 is 1. The highest BCUT2D eigenvalue weighted by Gasteiger charge is 2.15. The largest absolute Gasteiger partial charge is 0.497 e. The van der Waals surface area contributed by atoms with Gasteiger partial charge in [0.25, 0.3) is 5.56 Å². The SMILES string of the molecule is CCc1ccc(NCc2cc3ccc(OC)cc3n(CC(=O)Nc3cc(F)ccc3F)c2=O)cc1. The zero-order valence-electron chi connectivity index (χ0n) is 19.4. The Morgan fingerprint density at radius 1 is 1.00 bits per heavy atom. The Labute approximate surface area is 201 Å². The molecule has 4 aromatic rings. The molecule has 35 heavy (non-hydrogen) atoms. The maximum absolute atomic E-state index is 14.0. The number of rotatable bonds is 8. The Hall–Kier alpha value is -4.20. The first kappa shape index (κ1) is 23.9. The van der Waals surface area contributed by atoms with Gasteiger partial charge < -0.3 is 15.4 Å². The van der Waals surface area contributed by atoms with Crippen LogP contribution in [0.15, 0.2) is 71.5 Å². The first-order valence-electron chi connectivity index (χ1n) is 11.2. The molecule has 0 fully saturated rings. The number of aryl methyl sites for hydroxylation is 1. The van der Waals surface area contributed by atoms with Gasteiger partial charge in [-0.15, -0.1) is 0 Å². The highest BCUT2D eigenvalue weighted by atomic mass is 19.1. The highest BCUT2D eigenvalue weighted by Crippen LogP contribution is 2.22. The van der Waals surface area contributed by atoms with Crippen LogP contribution in [0.2, 0.25) is 0 Å². The molecular weight excluding hydrogens is 452 g/mol. The molecule has 3 aromatic carbocycles. The lowest BCUT2D eigenvalue weighted by molar-refractivity contribution is -0.116. The molecule has 0 saturated heterocycles. The number of nitrogens with zero attached hydrogens (tertiary/aromatic N) is 1. The quantitative estimate of drug-likeness (QED) is 0.370. The minimum absolute atomic E-state index is 0.242. The van der Waals surface area contributed by atoms with Crippen molar-refractivity contribution in [1.29, 1.82) is 0 Å². The smallest absolute Gasteiger partial charge is 0.256 e. The molecule has 0 aliphatic heterocycles. The van der Waals surface area contributed by atoms with Crippen molar-refractivity contribution in [3.05, 3.63) is 99.8 Å². The topological polar surface area (TPSA) is 72.4 Å². The molecular formula is C27H25F2N3O3. The van der Waals surface area contributed by atoms with Crippen LogP contribution in [0.25, 0.3) is 10.9 Å².